The molecule has 2 aliphatic rings. The van der Waals surface area contributed by atoms with Crippen LogP contribution in [0.5, 0.6) is 0 Å². The van der Waals surface area contributed by atoms with Crippen LogP contribution < -0.4 is 27.0 Å². The zero-order valence-corrected chi connectivity index (χ0v) is 40.5. The number of hydrogen-bond donors (Lipinski definition) is 7. The van der Waals surface area contributed by atoms with Gasteiger partial charge < -0.3 is 42.1 Å². The molecule has 67 heavy (non-hydrogen) atoms. The number of aliphatic hydroxyl groups is 1. The summed E-state index contributed by atoms with van der Waals surface area (Å²) in [4.78, 5) is 144. The Hall–Kier alpha value is -4.91. The van der Waals surface area contributed by atoms with E-state index >= 15 is 0 Å². The topological polar surface area (TPSA) is 306 Å². The molecular weight excluding hydrogens is 869 g/mol. The summed E-state index contributed by atoms with van der Waals surface area (Å²) in [6.45, 7) is 11.0. The van der Waals surface area contributed by atoms with Crippen LogP contribution in [0.3, 0.4) is 0 Å². The number of β-amino-alcohol motifs (C(OH)–C–C–N with tert-alkyl or cyclic N) is 1. The molecule has 0 aromatic heterocycles. The van der Waals surface area contributed by atoms with E-state index in [-0.39, 0.29) is 107 Å². The Bertz CT molecular complexity index is 1750. The number of nitrogens with one attached hydrogen (secondary N) is 4. The summed E-state index contributed by atoms with van der Waals surface area (Å²) in [5.74, 6) is -8.56. The van der Waals surface area contributed by atoms with Gasteiger partial charge in [0.05, 0.1) is 42.7 Å². The monoisotopic (exact) mass is 947 g/mol. The Morgan fingerprint density at radius 1 is 0.731 bits per heavy atom. The number of carbonyl (C=O) groups is 11. The molecule has 0 saturated carbocycles. The van der Waals surface area contributed by atoms with Crippen molar-refractivity contribution < 1.29 is 63.0 Å². The van der Waals surface area contributed by atoms with Crippen molar-refractivity contribution in [2.45, 2.75) is 187 Å². The van der Waals surface area contributed by atoms with Gasteiger partial charge in [-0.15, -0.1) is 0 Å². The predicted molar refractivity (Wildman–Crippen MR) is 247 cm³/mol. The molecule has 19 nitrogen and oxygen atoms in total. The Kier molecular flexibility index (Phi) is 25.9. The summed E-state index contributed by atoms with van der Waals surface area (Å²) in [5, 5.41) is 30.1. The molecule has 8 atom stereocenters. The first-order valence-corrected chi connectivity index (χ1v) is 24.2. The van der Waals surface area contributed by atoms with Crippen molar-refractivity contribution in [3.8, 4) is 0 Å². The number of likely N-dealkylation sites (tertiary alicyclic amines) is 1. The van der Waals surface area contributed by atoms with E-state index in [0.29, 0.717) is 32.2 Å². The van der Waals surface area contributed by atoms with Gasteiger partial charge in [-0.1, -0.05) is 53.9 Å². The van der Waals surface area contributed by atoms with E-state index in [0.717, 1.165) is 12.8 Å². The first-order valence-electron chi connectivity index (χ1n) is 24.2. The maximum Gasteiger partial charge on any atom is 0.306 e. The van der Waals surface area contributed by atoms with Gasteiger partial charge in [-0.2, -0.15) is 0 Å². The highest BCUT2D eigenvalue weighted by Gasteiger charge is 2.37. The standard InChI is InChI=1S/C48H78N6O13/c1-7-8-9-11-31(48(66)67)23-42(60)38-12-10-19-54(38)45(63)18-15-39(57)30(6)52-47(65)32(20-28(2)3)22-34(55)27-51-46(64)33(21-29(4)5)24-41(59)36(13-16-43(49)61)53-44(62)17-14-40(58)37-25-35(56)26-50-37/h28-33,35-38,50,56H,7-27H2,1-6H3,(H2,49,61)(H,51,64)(H,52,65)(H,53,62)(H,66,67)/t30-,31+,32+,33+,35-,36-,37+,38-/m0/s1. The van der Waals surface area contributed by atoms with Crippen LogP contribution in [0.2, 0.25) is 0 Å². The van der Waals surface area contributed by atoms with Crippen molar-refractivity contribution in [1.29, 1.82) is 0 Å². The van der Waals surface area contributed by atoms with Crippen molar-refractivity contribution in [1.82, 2.24) is 26.2 Å². The number of nitrogens with two attached hydrogens (primary N) is 1. The molecule has 0 bridgehead atoms. The first-order chi connectivity index (χ1) is 31.5. The number of carboxylic acids is 1. The van der Waals surface area contributed by atoms with Gasteiger partial charge in [0, 0.05) is 76.3 Å². The number of hydrogen-bond acceptors (Lipinski definition) is 13. The molecule has 0 radical (unpaired) electrons. The van der Waals surface area contributed by atoms with E-state index in [2.05, 4.69) is 21.3 Å². The van der Waals surface area contributed by atoms with Gasteiger partial charge in [0.1, 0.15) is 5.78 Å². The van der Waals surface area contributed by atoms with Crippen LogP contribution >= 0.6 is 0 Å². The summed E-state index contributed by atoms with van der Waals surface area (Å²) >= 11 is 0. The van der Waals surface area contributed by atoms with E-state index in [4.69, 9.17) is 5.73 Å². The van der Waals surface area contributed by atoms with Crippen LogP contribution in [0.15, 0.2) is 0 Å². The molecule has 0 aliphatic carbocycles. The normalized spacial score (nSPS) is 19.2. The minimum Gasteiger partial charge on any atom is -0.481 e. The molecule has 0 spiro atoms. The highest BCUT2D eigenvalue weighted by molar-refractivity contribution is 5.97. The molecule has 2 heterocycles. The zero-order chi connectivity index (χ0) is 50.4. The summed E-state index contributed by atoms with van der Waals surface area (Å²) in [7, 11) is 0. The van der Waals surface area contributed by atoms with Gasteiger partial charge in [0.15, 0.2) is 23.1 Å². The van der Waals surface area contributed by atoms with E-state index in [1.807, 2.05) is 34.6 Å². The zero-order valence-electron chi connectivity index (χ0n) is 40.5. The number of aliphatic hydroxyl groups excluding tert-OH is 1. The van der Waals surface area contributed by atoms with E-state index in [1.165, 1.54) is 11.8 Å². The molecule has 2 saturated heterocycles. The molecule has 2 rings (SSSR count). The number of nitrogens with zero attached hydrogens (tertiary/aromatic N) is 1. The third-order valence-electron chi connectivity index (χ3n) is 12.5. The maximum atomic E-state index is 13.6. The third kappa shape index (κ3) is 21.7. The van der Waals surface area contributed by atoms with E-state index in [1.54, 1.807) is 0 Å². The van der Waals surface area contributed by atoms with Gasteiger partial charge in [0.2, 0.25) is 29.5 Å². The van der Waals surface area contributed by atoms with Crippen molar-refractivity contribution in [3.63, 3.8) is 0 Å². The fourth-order valence-corrected chi connectivity index (χ4v) is 8.74. The molecule has 378 valence electrons. The molecule has 5 amide bonds. The van der Waals surface area contributed by atoms with Crippen LogP contribution in [0, 0.1) is 29.6 Å². The summed E-state index contributed by atoms with van der Waals surface area (Å²) in [6, 6.07) is -3.49. The van der Waals surface area contributed by atoms with Crippen molar-refractivity contribution >= 4 is 64.4 Å². The second-order valence-electron chi connectivity index (χ2n) is 19.4. The van der Waals surface area contributed by atoms with Crippen molar-refractivity contribution in [3.05, 3.63) is 0 Å². The highest BCUT2D eigenvalue weighted by Crippen LogP contribution is 2.25. The fourth-order valence-electron chi connectivity index (χ4n) is 8.74. The number of rotatable bonds is 34. The molecule has 0 aromatic rings. The number of primary amides is 1. The van der Waals surface area contributed by atoms with Crippen LogP contribution in [0.1, 0.15) is 157 Å². The Morgan fingerprint density at radius 3 is 1.97 bits per heavy atom. The Balaban J connectivity index is 1.98. The van der Waals surface area contributed by atoms with Crippen LogP contribution in [0.4, 0.5) is 0 Å². The molecular formula is C48H78N6O13. The lowest BCUT2D eigenvalue weighted by atomic mass is 9.88. The fraction of sp³-hybridized carbons (Fsp3) is 0.771. The number of amides is 5. The summed E-state index contributed by atoms with van der Waals surface area (Å²) in [5.41, 5.74) is 5.33. The lowest BCUT2D eigenvalue weighted by molar-refractivity contribution is -0.145. The SMILES string of the molecule is CCCCC[C@H](CC(=O)[C@@H]1CCCN1C(=O)CCC(=O)[C@H](C)NC(=O)[C@@H](CC(=O)CNC(=O)[C@@H](CC(=O)[C@H](CCC(N)=O)NC(=O)CCC(=O)[C@H]1C[C@H](O)CN1)CC(C)C)CC(C)C)C(=O)O. The molecule has 0 aromatic carbocycles. The quantitative estimate of drug-likeness (QED) is 0.0456. The molecule has 8 N–H and O–H groups in total. The largest absolute Gasteiger partial charge is 0.481 e. The first kappa shape index (κ1) is 58.2. The lowest BCUT2D eigenvalue weighted by Crippen LogP contribution is -2.45. The van der Waals surface area contributed by atoms with Gasteiger partial charge in [0.25, 0.3) is 0 Å². The Morgan fingerprint density at radius 2 is 1.39 bits per heavy atom. The molecule has 19 heteroatoms. The number of carbonyl (C=O) groups excluding carboxylic acids is 10. The minimum atomic E-state index is -1.17. The smallest absolute Gasteiger partial charge is 0.306 e. The number of Topliss-reactive ketones (excluding diaryl/α,β-unsaturated/α-hetero) is 5. The van der Waals surface area contributed by atoms with Crippen LogP contribution in [0.25, 0.3) is 0 Å². The minimum absolute atomic E-state index is 0.0248. The van der Waals surface area contributed by atoms with Crippen LogP contribution in [-0.2, 0) is 52.7 Å². The second-order valence-corrected chi connectivity index (χ2v) is 19.4. The second kappa shape index (κ2) is 29.8. The predicted octanol–water partition coefficient (Wildman–Crippen LogP) is 2.25. The number of aliphatic carboxylic acids is 1. The molecule has 2 fully saturated rings. The van der Waals surface area contributed by atoms with Gasteiger partial charge in [-0.25, -0.2) is 0 Å². The average Bonchev–Trinajstić information content (AvgIpc) is 3.93. The number of carboxylic acid groups (broad SMARTS) is 1. The highest BCUT2D eigenvalue weighted by atomic mass is 16.4. The van der Waals surface area contributed by atoms with Gasteiger partial charge in [-0.3, -0.25) is 52.7 Å². The van der Waals surface area contributed by atoms with E-state index in [9.17, 15) is 63.0 Å². The van der Waals surface area contributed by atoms with E-state index < -0.39 is 107 Å². The summed E-state index contributed by atoms with van der Waals surface area (Å²) < 4.78 is 0. The van der Waals surface area contributed by atoms with Crippen molar-refractivity contribution in [2.75, 3.05) is 19.6 Å². The average molecular weight is 947 g/mol. The van der Waals surface area contributed by atoms with Crippen molar-refractivity contribution in [2.24, 2.45) is 35.3 Å². The molecule has 0 unspecified atom stereocenters. The third-order valence-corrected chi connectivity index (χ3v) is 12.5. The van der Waals surface area contributed by atoms with Gasteiger partial charge >= 0.3 is 5.97 Å². The maximum absolute atomic E-state index is 13.6. The van der Waals surface area contributed by atoms with Gasteiger partial charge in [-0.05, 0) is 63.7 Å². The molecule has 2 aliphatic heterocycles. The lowest BCUT2D eigenvalue weighted by Gasteiger charge is -2.25. The number of ketones is 5. The Labute approximate surface area is 395 Å². The van der Waals surface area contributed by atoms with Crippen LogP contribution in [-0.4, -0.2) is 129 Å². The summed E-state index contributed by atoms with van der Waals surface area (Å²) in [6.07, 6.45) is 2.07. The number of unbranched alkanes of at least 4 members (excludes halogenated alkanes) is 2.